The molecule has 2 nitrogen and oxygen atoms in total. The molecule has 0 aliphatic rings. The monoisotopic (exact) mass is 147 g/mol. The second-order valence-corrected chi connectivity index (χ2v) is 2.40. The van der Waals surface area contributed by atoms with Crippen molar-refractivity contribution in [1.82, 2.24) is 0 Å². The van der Waals surface area contributed by atoms with E-state index in [0.717, 1.165) is 0 Å². The summed E-state index contributed by atoms with van der Waals surface area (Å²) >= 11 is 0. The van der Waals surface area contributed by atoms with Gasteiger partial charge in [-0.05, 0) is 26.2 Å². The molecule has 0 aromatic rings. The molecule has 0 saturated heterocycles. The average Bonchev–Trinajstić information content (AvgIpc) is 1.79. The minimum Gasteiger partial charge on any atom is -0.550 e. The van der Waals surface area contributed by atoms with Gasteiger partial charge >= 0.3 is 0 Å². The molecule has 10 heavy (non-hydrogen) atoms. The van der Waals surface area contributed by atoms with E-state index in [4.69, 9.17) is 0 Å². The predicted molar refractivity (Wildman–Crippen MR) is 34.0 cm³/mol. The summed E-state index contributed by atoms with van der Waals surface area (Å²) in [5, 5.41) is 9.84. The number of hydrogen-bond acceptors (Lipinski definition) is 2. The second kappa shape index (κ2) is 5.21. The Balaban J connectivity index is 2.98. The lowest BCUT2D eigenvalue weighted by Crippen LogP contribution is -2.21. The fourth-order valence-corrected chi connectivity index (χ4v) is 0.695. The molecule has 0 aliphatic heterocycles. The number of carboxylic acids is 1. The van der Waals surface area contributed by atoms with Crippen molar-refractivity contribution in [2.75, 3.05) is 0 Å². The first-order valence-corrected chi connectivity index (χ1v) is 3.47. The van der Waals surface area contributed by atoms with E-state index in [0.29, 0.717) is 19.3 Å². The number of rotatable bonds is 5. The Labute approximate surface area is 60.1 Å². The smallest absolute Gasteiger partial charge is 0.0973 e. The van der Waals surface area contributed by atoms with Crippen LogP contribution >= 0.6 is 0 Å². The summed E-state index contributed by atoms with van der Waals surface area (Å²) in [4.78, 5) is 9.84. The van der Waals surface area contributed by atoms with E-state index >= 15 is 0 Å². The lowest BCUT2D eigenvalue weighted by atomic mass is 10.1. The van der Waals surface area contributed by atoms with Crippen LogP contribution in [-0.2, 0) is 4.79 Å². The van der Waals surface area contributed by atoms with E-state index in [1.165, 1.54) is 6.92 Å². The molecule has 0 rings (SSSR count). The van der Waals surface area contributed by atoms with Gasteiger partial charge in [-0.25, -0.2) is 4.39 Å². The van der Waals surface area contributed by atoms with Gasteiger partial charge in [-0.15, -0.1) is 0 Å². The highest BCUT2D eigenvalue weighted by atomic mass is 19.1. The van der Waals surface area contributed by atoms with Crippen molar-refractivity contribution >= 4 is 5.97 Å². The standard InChI is InChI=1S/C7H13FO2/c1-6(8)4-2-3-5-7(9)10/h6H,2-5H2,1H3,(H,9,10)/p-1. The van der Waals surface area contributed by atoms with Gasteiger partial charge < -0.3 is 9.90 Å². The summed E-state index contributed by atoms with van der Waals surface area (Å²) < 4.78 is 12.1. The predicted octanol–water partition coefficient (Wildman–Crippen LogP) is 0.655. The first kappa shape index (κ1) is 9.40. The number of halogens is 1. The normalized spacial score (nSPS) is 13.0. The van der Waals surface area contributed by atoms with Crippen molar-refractivity contribution in [2.45, 2.75) is 38.8 Å². The number of hydrogen-bond donors (Lipinski definition) is 0. The van der Waals surface area contributed by atoms with Crippen LogP contribution in [0.2, 0.25) is 0 Å². The minimum atomic E-state index is -1.05. The quantitative estimate of drug-likeness (QED) is 0.536. The molecule has 0 spiro atoms. The molecule has 0 aromatic carbocycles. The van der Waals surface area contributed by atoms with Gasteiger partial charge in [-0.2, -0.15) is 0 Å². The van der Waals surface area contributed by atoms with E-state index in [1.54, 1.807) is 0 Å². The number of carbonyl (C=O) groups excluding carboxylic acids is 1. The summed E-state index contributed by atoms with van der Waals surface area (Å²) in [5.41, 5.74) is 0. The van der Waals surface area contributed by atoms with Gasteiger partial charge in [0.2, 0.25) is 0 Å². The molecule has 0 aliphatic carbocycles. The largest absolute Gasteiger partial charge is 0.550 e. The molecular weight excluding hydrogens is 135 g/mol. The molecule has 0 radical (unpaired) electrons. The van der Waals surface area contributed by atoms with Crippen molar-refractivity contribution < 1.29 is 14.3 Å². The van der Waals surface area contributed by atoms with Crippen LogP contribution in [0.4, 0.5) is 4.39 Å². The zero-order valence-electron chi connectivity index (χ0n) is 6.10. The molecule has 0 N–H and O–H groups in total. The fourth-order valence-electron chi connectivity index (χ4n) is 0.695. The van der Waals surface area contributed by atoms with Crippen LogP contribution < -0.4 is 5.11 Å². The molecule has 60 valence electrons. The van der Waals surface area contributed by atoms with Gasteiger partial charge in [0, 0.05) is 5.97 Å². The van der Waals surface area contributed by atoms with E-state index in [2.05, 4.69) is 0 Å². The van der Waals surface area contributed by atoms with Gasteiger partial charge in [0.25, 0.3) is 0 Å². The Bertz CT molecular complexity index is 102. The van der Waals surface area contributed by atoms with Gasteiger partial charge in [0.1, 0.15) is 0 Å². The molecule has 0 saturated carbocycles. The van der Waals surface area contributed by atoms with Crippen LogP contribution in [-0.4, -0.2) is 12.1 Å². The van der Waals surface area contributed by atoms with Crippen LogP contribution in [0.1, 0.15) is 32.6 Å². The molecular formula is C7H12FO2-. The molecule has 0 aromatic heterocycles. The number of carbonyl (C=O) groups is 1. The Hall–Kier alpha value is -0.600. The van der Waals surface area contributed by atoms with Crippen LogP contribution in [0.15, 0.2) is 0 Å². The Kier molecular flexibility index (Phi) is 4.89. The summed E-state index contributed by atoms with van der Waals surface area (Å²) in [6.45, 7) is 1.47. The topological polar surface area (TPSA) is 40.1 Å². The number of carboxylic acid groups (broad SMARTS) is 1. The maximum absolute atomic E-state index is 12.1. The van der Waals surface area contributed by atoms with Gasteiger partial charge in [0.05, 0.1) is 6.17 Å². The van der Waals surface area contributed by atoms with Crippen LogP contribution in [0.25, 0.3) is 0 Å². The van der Waals surface area contributed by atoms with E-state index in [1.807, 2.05) is 0 Å². The summed E-state index contributed by atoms with van der Waals surface area (Å²) in [5.74, 6) is -1.05. The lowest BCUT2D eigenvalue weighted by Gasteiger charge is -2.01. The Morgan fingerprint density at radius 2 is 2.20 bits per heavy atom. The maximum Gasteiger partial charge on any atom is 0.0973 e. The molecule has 0 heterocycles. The van der Waals surface area contributed by atoms with Crippen LogP contribution in [0.3, 0.4) is 0 Å². The minimum absolute atomic E-state index is 0.0483. The van der Waals surface area contributed by atoms with E-state index < -0.39 is 12.1 Å². The summed E-state index contributed by atoms with van der Waals surface area (Å²) in [6.07, 6.45) is 0.837. The van der Waals surface area contributed by atoms with Crippen LogP contribution in [0, 0.1) is 0 Å². The molecule has 1 atom stereocenters. The molecule has 0 amide bonds. The fraction of sp³-hybridized carbons (Fsp3) is 0.857. The Morgan fingerprint density at radius 1 is 1.60 bits per heavy atom. The van der Waals surface area contributed by atoms with Crippen molar-refractivity contribution in [3.8, 4) is 0 Å². The van der Waals surface area contributed by atoms with E-state index in [9.17, 15) is 14.3 Å². The highest BCUT2D eigenvalue weighted by Crippen LogP contribution is 2.04. The van der Waals surface area contributed by atoms with Crippen molar-refractivity contribution in [1.29, 1.82) is 0 Å². The molecule has 1 unspecified atom stereocenters. The third-order valence-corrected chi connectivity index (χ3v) is 1.23. The first-order chi connectivity index (χ1) is 4.63. The van der Waals surface area contributed by atoms with Gasteiger partial charge in [-0.1, -0.05) is 6.42 Å². The number of unbranched alkanes of at least 4 members (excludes halogenated alkanes) is 1. The maximum atomic E-state index is 12.1. The number of alkyl halides is 1. The molecule has 0 fully saturated rings. The zero-order chi connectivity index (χ0) is 7.98. The highest BCUT2D eigenvalue weighted by molar-refractivity contribution is 5.63. The third-order valence-electron chi connectivity index (χ3n) is 1.23. The van der Waals surface area contributed by atoms with Gasteiger partial charge in [0.15, 0.2) is 0 Å². The van der Waals surface area contributed by atoms with Gasteiger partial charge in [-0.3, -0.25) is 0 Å². The number of aliphatic carboxylic acids is 1. The SMILES string of the molecule is CC(F)CCCCC(=O)[O-]. The summed E-state index contributed by atoms with van der Waals surface area (Å²) in [6, 6.07) is 0. The zero-order valence-corrected chi connectivity index (χ0v) is 6.10. The van der Waals surface area contributed by atoms with Crippen molar-refractivity contribution in [2.24, 2.45) is 0 Å². The first-order valence-electron chi connectivity index (χ1n) is 3.47. The third kappa shape index (κ3) is 7.40. The molecule has 0 bridgehead atoms. The van der Waals surface area contributed by atoms with Crippen LogP contribution in [0.5, 0.6) is 0 Å². The second-order valence-electron chi connectivity index (χ2n) is 2.40. The Morgan fingerprint density at radius 3 is 2.60 bits per heavy atom. The average molecular weight is 147 g/mol. The van der Waals surface area contributed by atoms with E-state index in [-0.39, 0.29) is 6.42 Å². The lowest BCUT2D eigenvalue weighted by molar-refractivity contribution is -0.305. The summed E-state index contributed by atoms with van der Waals surface area (Å²) in [7, 11) is 0. The highest BCUT2D eigenvalue weighted by Gasteiger charge is 1.96. The van der Waals surface area contributed by atoms with Crippen molar-refractivity contribution in [3.63, 3.8) is 0 Å². The van der Waals surface area contributed by atoms with Crippen molar-refractivity contribution in [3.05, 3.63) is 0 Å². The molecule has 3 heteroatoms.